The topological polar surface area (TPSA) is 126 Å². The number of amides is 1. The van der Waals surface area contributed by atoms with Crippen LogP contribution in [0.5, 0.6) is 0 Å². The lowest BCUT2D eigenvalue weighted by atomic mass is 10.0. The Morgan fingerprint density at radius 2 is 1.92 bits per heavy atom. The molecule has 0 spiro atoms. The van der Waals surface area contributed by atoms with Gasteiger partial charge >= 0.3 is 0 Å². The van der Waals surface area contributed by atoms with Crippen LogP contribution < -0.4 is 16.0 Å². The third-order valence-electron chi connectivity index (χ3n) is 5.93. The lowest BCUT2D eigenvalue weighted by Gasteiger charge is -2.23. The molecular weight excluding hydrogens is 494 g/mol. The number of methoxy groups -OCH3 is 1. The van der Waals surface area contributed by atoms with Gasteiger partial charge in [0.25, 0.3) is 0 Å². The Morgan fingerprint density at radius 3 is 2.49 bits per heavy atom. The van der Waals surface area contributed by atoms with Crippen LogP contribution >= 0.6 is 0 Å². The zero-order valence-electron chi connectivity index (χ0n) is 23.5. The average Bonchev–Trinajstić information content (AvgIpc) is 3.31. The maximum atomic E-state index is 10.5. The predicted molar refractivity (Wildman–Crippen MR) is 156 cm³/mol. The molecule has 0 saturated carbocycles. The summed E-state index contributed by atoms with van der Waals surface area (Å²) in [6, 6.07) is 9.68. The zero-order valence-corrected chi connectivity index (χ0v) is 23.5. The van der Waals surface area contributed by atoms with Crippen molar-refractivity contribution in [3.8, 4) is 16.9 Å². The standard InChI is InChI=1S/C17H19N5.C12H22N2O3/c1-4-15-19-10-13(11-20-15)16-12(2)17(18-3)22(21-16)14-8-6-5-7-9-14;1-4-5-10(2)12(16)11(14-9-15)8-13-6-7-17-3/h5-11,18H,4H2,1-3H3;4-5,9,11-13,16H,2,6-8H2,1,3H3,(H,14,15)/b;5-4-/t;11-,12+/m.1/s1. The molecule has 4 N–H and O–H groups in total. The van der Waals surface area contributed by atoms with Crippen molar-refractivity contribution in [1.82, 2.24) is 30.4 Å². The van der Waals surface area contributed by atoms with Gasteiger partial charge in [-0.05, 0) is 31.6 Å². The fourth-order valence-corrected chi connectivity index (χ4v) is 3.83. The number of hydrogen-bond acceptors (Lipinski definition) is 8. The van der Waals surface area contributed by atoms with E-state index in [1.54, 1.807) is 19.3 Å². The highest BCUT2D eigenvalue weighted by Gasteiger charge is 2.19. The molecule has 0 fully saturated rings. The van der Waals surface area contributed by atoms with Crippen LogP contribution in [-0.2, 0) is 16.0 Å². The fourth-order valence-electron chi connectivity index (χ4n) is 3.83. The second-order valence-corrected chi connectivity index (χ2v) is 8.67. The number of nitrogens with one attached hydrogen (secondary N) is 3. The van der Waals surface area contributed by atoms with Gasteiger partial charge in [-0.2, -0.15) is 5.10 Å². The number of aromatic nitrogens is 4. The number of para-hydroxylation sites is 1. The molecule has 3 rings (SSSR count). The van der Waals surface area contributed by atoms with Gasteiger partial charge in [0.1, 0.15) is 17.3 Å². The smallest absolute Gasteiger partial charge is 0.207 e. The number of rotatable bonds is 14. The summed E-state index contributed by atoms with van der Waals surface area (Å²) in [7, 11) is 3.52. The van der Waals surface area contributed by atoms with Crippen molar-refractivity contribution >= 4 is 12.2 Å². The first kappa shape index (κ1) is 31.4. The summed E-state index contributed by atoms with van der Waals surface area (Å²) in [5.41, 5.74) is 4.50. The first-order chi connectivity index (χ1) is 18.9. The quantitative estimate of drug-likeness (QED) is 0.141. The Labute approximate surface area is 231 Å². The summed E-state index contributed by atoms with van der Waals surface area (Å²) >= 11 is 0. The molecule has 2 heterocycles. The Kier molecular flexibility index (Phi) is 13.6. The Bertz CT molecular complexity index is 1180. The van der Waals surface area contributed by atoms with Crippen molar-refractivity contribution in [3.05, 3.63) is 78.4 Å². The van der Waals surface area contributed by atoms with Gasteiger partial charge in [-0.15, -0.1) is 0 Å². The summed E-state index contributed by atoms with van der Waals surface area (Å²) in [5, 5.41) is 23.6. The SMILES string of the molecule is C=C(/C=C\C)[C@H](O)[C@@H](CNCCOC)NC=O.CCc1ncc(-c2nn(-c3ccccc3)c(NC)c2C)cn1. The average molecular weight is 536 g/mol. The molecule has 1 amide bonds. The van der Waals surface area contributed by atoms with Crippen LogP contribution in [0.15, 0.2) is 67.0 Å². The molecule has 39 heavy (non-hydrogen) atoms. The number of carbonyl (C=O) groups excluding carboxylic acids is 1. The van der Waals surface area contributed by atoms with Gasteiger partial charge in [0.2, 0.25) is 6.41 Å². The van der Waals surface area contributed by atoms with Crippen molar-refractivity contribution in [2.24, 2.45) is 0 Å². The van der Waals surface area contributed by atoms with E-state index in [1.807, 2.05) is 68.3 Å². The second-order valence-electron chi connectivity index (χ2n) is 8.67. The number of hydrogen-bond donors (Lipinski definition) is 4. The van der Waals surface area contributed by atoms with Crippen LogP contribution in [0.3, 0.4) is 0 Å². The van der Waals surface area contributed by atoms with E-state index >= 15 is 0 Å². The number of carbonyl (C=O) groups is 1. The Morgan fingerprint density at radius 1 is 1.23 bits per heavy atom. The van der Waals surface area contributed by atoms with E-state index in [9.17, 15) is 9.90 Å². The molecular formula is C29H41N7O3. The number of nitrogens with zero attached hydrogens (tertiary/aromatic N) is 4. The molecule has 0 aliphatic carbocycles. The molecule has 0 radical (unpaired) electrons. The Hall–Kier alpha value is -3.86. The highest BCUT2D eigenvalue weighted by Crippen LogP contribution is 2.29. The molecule has 0 aliphatic rings. The van der Waals surface area contributed by atoms with Gasteiger partial charge in [-0.25, -0.2) is 14.6 Å². The molecule has 0 saturated heterocycles. The van der Waals surface area contributed by atoms with E-state index in [1.165, 1.54) is 0 Å². The molecule has 10 heteroatoms. The van der Waals surface area contributed by atoms with Gasteiger partial charge < -0.3 is 25.8 Å². The van der Waals surface area contributed by atoms with E-state index in [4.69, 9.17) is 9.84 Å². The molecule has 0 bridgehead atoms. The number of aliphatic hydroxyl groups excluding tert-OH is 1. The molecule has 2 aromatic heterocycles. The molecule has 210 valence electrons. The van der Waals surface area contributed by atoms with Gasteiger partial charge in [0, 0.05) is 57.2 Å². The highest BCUT2D eigenvalue weighted by molar-refractivity contribution is 5.69. The maximum absolute atomic E-state index is 10.5. The van der Waals surface area contributed by atoms with E-state index < -0.39 is 12.1 Å². The minimum Gasteiger partial charge on any atom is -0.386 e. The normalized spacial score (nSPS) is 12.4. The zero-order chi connectivity index (χ0) is 28.6. The van der Waals surface area contributed by atoms with Crippen molar-refractivity contribution in [3.63, 3.8) is 0 Å². The van der Waals surface area contributed by atoms with Crippen molar-refractivity contribution in [2.45, 2.75) is 39.3 Å². The third kappa shape index (κ3) is 9.13. The fraction of sp³-hybridized carbons (Fsp3) is 0.379. The van der Waals surface area contributed by atoms with Crippen LogP contribution in [0.2, 0.25) is 0 Å². The predicted octanol–water partition coefficient (Wildman–Crippen LogP) is 3.07. The maximum Gasteiger partial charge on any atom is 0.207 e. The van der Waals surface area contributed by atoms with Gasteiger partial charge in [-0.1, -0.05) is 43.9 Å². The first-order valence-electron chi connectivity index (χ1n) is 12.9. The van der Waals surface area contributed by atoms with Crippen LogP contribution in [0, 0.1) is 6.92 Å². The number of aliphatic hydroxyl groups is 1. The summed E-state index contributed by atoms with van der Waals surface area (Å²) in [5.74, 6) is 1.82. The summed E-state index contributed by atoms with van der Waals surface area (Å²) in [6.07, 6.45) is 7.81. The van der Waals surface area contributed by atoms with Gasteiger partial charge in [-0.3, -0.25) is 4.79 Å². The van der Waals surface area contributed by atoms with Crippen LogP contribution in [0.25, 0.3) is 16.9 Å². The van der Waals surface area contributed by atoms with Crippen molar-refractivity contribution < 1.29 is 14.6 Å². The molecule has 1 aromatic carbocycles. The number of benzene rings is 1. The van der Waals surface area contributed by atoms with Crippen LogP contribution in [-0.4, -0.2) is 77.3 Å². The highest BCUT2D eigenvalue weighted by atomic mass is 16.5. The number of anilines is 1. The number of ether oxygens (including phenoxy) is 1. The van der Waals surface area contributed by atoms with E-state index in [2.05, 4.69) is 39.4 Å². The molecule has 3 aromatic rings. The molecule has 2 atom stereocenters. The van der Waals surface area contributed by atoms with Gasteiger partial charge in [0.15, 0.2) is 0 Å². The molecule has 10 nitrogen and oxygen atoms in total. The number of allylic oxidation sites excluding steroid dienone is 1. The lowest BCUT2D eigenvalue weighted by Crippen LogP contribution is -2.47. The van der Waals surface area contributed by atoms with Crippen molar-refractivity contribution in [1.29, 1.82) is 0 Å². The molecule has 0 aliphatic heterocycles. The largest absolute Gasteiger partial charge is 0.386 e. The third-order valence-corrected chi connectivity index (χ3v) is 5.93. The van der Waals surface area contributed by atoms with E-state index in [-0.39, 0.29) is 0 Å². The van der Waals surface area contributed by atoms with Gasteiger partial charge in [0.05, 0.1) is 24.4 Å². The summed E-state index contributed by atoms with van der Waals surface area (Å²) in [6.45, 7) is 11.4. The number of aryl methyl sites for hydroxylation is 1. The first-order valence-corrected chi connectivity index (χ1v) is 12.9. The lowest BCUT2D eigenvalue weighted by molar-refractivity contribution is -0.110. The molecule has 0 unspecified atom stereocenters. The monoisotopic (exact) mass is 535 g/mol. The minimum absolute atomic E-state index is 0.395. The van der Waals surface area contributed by atoms with Crippen LogP contribution in [0.4, 0.5) is 5.82 Å². The Balaban J connectivity index is 0.000000285. The van der Waals surface area contributed by atoms with E-state index in [0.717, 1.165) is 40.6 Å². The van der Waals surface area contributed by atoms with Crippen LogP contribution in [0.1, 0.15) is 25.2 Å². The summed E-state index contributed by atoms with van der Waals surface area (Å²) in [4.78, 5) is 19.2. The minimum atomic E-state index is -0.800. The summed E-state index contributed by atoms with van der Waals surface area (Å²) < 4.78 is 6.80. The van der Waals surface area contributed by atoms with E-state index in [0.29, 0.717) is 31.7 Å². The second kappa shape index (κ2) is 16.9. The van der Waals surface area contributed by atoms with Crippen molar-refractivity contribution in [2.75, 3.05) is 39.2 Å².